The number of fused-ring (bicyclic) bond motifs is 1. The van der Waals surface area contributed by atoms with Crippen LogP contribution in [-0.2, 0) is 16.1 Å². The minimum Gasteiger partial charge on any atom is -0.438 e. The Morgan fingerprint density at radius 3 is 2.54 bits per heavy atom. The van der Waals surface area contributed by atoms with Gasteiger partial charge in [-0.1, -0.05) is 30.3 Å². The summed E-state index contributed by atoms with van der Waals surface area (Å²) in [7, 11) is 1.64. The van der Waals surface area contributed by atoms with Crippen LogP contribution < -0.4 is 0 Å². The maximum absolute atomic E-state index is 5.67. The molecule has 0 N–H and O–H groups in total. The molecule has 0 unspecified atom stereocenters. The van der Waals surface area contributed by atoms with Crippen LogP contribution in [0.2, 0.25) is 0 Å². The molecule has 1 fully saturated rings. The maximum Gasteiger partial charge on any atom is 0.221 e. The van der Waals surface area contributed by atoms with Gasteiger partial charge in [0.1, 0.15) is 12.1 Å². The van der Waals surface area contributed by atoms with E-state index in [1.54, 1.807) is 7.11 Å². The monoisotopic (exact) mass is 352 g/mol. The van der Waals surface area contributed by atoms with Gasteiger partial charge in [0, 0.05) is 26.2 Å². The minimum absolute atomic E-state index is 0.387. The molecule has 2 aromatic carbocycles. The third kappa shape index (κ3) is 3.51. The van der Waals surface area contributed by atoms with E-state index >= 15 is 0 Å². The van der Waals surface area contributed by atoms with Gasteiger partial charge in [0.25, 0.3) is 0 Å². The fourth-order valence-corrected chi connectivity index (χ4v) is 3.47. The average Bonchev–Trinajstić information content (AvgIpc) is 3.10. The highest BCUT2D eigenvalue weighted by Crippen LogP contribution is 2.28. The predicted molar refractivity (Wildman–Crippen MR) is 101 cm³/mol. The zero-order chi connectivity index (χ0) is 17.9. The van der Waals surface area contributed by atoms with Crippen molar-refractivity contribution >= 4 is 11.1 Å². The zero-order valence-corrected chi connectivity index (χ0v) is 15.3. The summed E-state index contributed by atoms with van der Waals surface area (Å²) in [4.78, 5) is 6.95. The standard InChI is InChI=1S/C21H24N2O3/c1-15(23-9-11-25-12-10-23)16-3-5-17(6-4-16)18-7-8-20-19(13-18)22-21(26-20)14-24-2/h3-8,13,15H,9-12,14H2,1-2H3/t15-/m1/s1. The number of hydrogen-bond acceptors (Lipinski definition) is 5. The first-order chi connectivity index (χ1) is 12.7. The molecule has 0 spiro atoms. The van der Waals surface area contributed by atoms with E-state index in [1.807, 2.05) is 6.07 Å². The van der Waals surface area contributed by atoms with Crippen molar-refractivity contribution in [1.82, 2.24) is 9.88 Å². The summed E-state index contributed by atoms with van der Waals surface area (Å²) in [6, 6.07) is 15.3. The predicted octanol–water partition coefficient (Wildman–Crippen LogP) is 4.03. The summed E-state index contributed by atoms with van der Waals surface area (Å²) in [5.41, 5.74) is 5.31. The van der Waals surface area contributed by atoms with Crippen molar-refractivity contribution < 1.29 is 13.9 Å². The topological polar surface area (TPSA) is 47.7 Å². The summed E-state index contributed by atoms with van der Waals surface area (Å²) < 4.78 is 16.2. The number of oxazole rings is 1. The number of rotatable bonds is 5. The van der Waals surface area contributed by atoms with Crippen LogP contribution in [-0.4, -0.2) is 43.3 Å². The van der Waals surface area contributed by atoms with Crippen LogP contribution in [0, 0.1) is 0 Å². The lowest BCUT2D eigenvalue weighted by Crippen LogP contribution is -2.37. The Balaban J connectivity index is 1.55. The van der Waals surface area contributed by atoms with E-state index in [0.29, 0.717) is 18.5 Å². The lowest BCUT2D eigenvalue weighted by molar-refractivity contribution is 0.0198. The lowest BCUT2D eigenvalue weighted by Gasteiger charge is -2.32. The van der Waals surface area contributed by atoms with Gasteiger partial charge in [-0.05, 0) is 35.7 Å². The van der Waals surface area contributed by atoms with Crippen LogP contribution in [0.25, 0.3) is 22.2 Å². The molecule has 1 atom stereocenters. The summed E-state index contributed by atoms with van der Waals surface area (Å²) in [5.74, 6) is 0.606. The number of nitrogens with zero attached hydrogens (tertiary/aromatic N) is 2. The number of ether oxygens (including phenoxy) is 2. The van der Waals surface area contributed by atoms with Gasteiger partial charge in [0.2, 0.25) is 5.89 Å². The summed E-state index contributed by atoms with van der Waals surface area (Å²) in [6.45, 7) is 6.29. The Bertz CT molecular complexity index is 867. The van der Waals surface area contributed by atoms with Crippen LogP contribution in [0.4, 0.5) is 0 Å². The third-order valence-corrected chi connectivity index (χ3v) is 5.02. The summed E-state index contributed by atoms with van der Waals surface area (Å²) >= 11 is 0. The van der Waals surface area contributed by atoms with Crippen molar-refractivity contribution in [3.63, 3.8) is 0 Å². The first kappa shape index (κ1) is 17.2. The Morgan fingerprint density at radius 2 is 1.81 bits per heavy atom. The number of aromatic nitrogens is 1. The van der Waals surface area contributed by atoms with Gasteiger partial charge in [0.15, 0.2) is 5.58 Å². The zero-order valence-electron chi connectivity index (χ0n) is 15.3. The molecular weight excluding hydrogens is 328 g/mol. The van der Waals surface area contributed by atoms with Crippen LogP contribution in [0.5, 0.6) is 0 Å². The SMILES string of the molecule is COCc1nc2cc(-c3ccc([C@@H](C)N4CCOCC4)cc3)ccc2o1. The maximum atomic E-state index is 5.67. The lowest BCUT2D eigenvalue weighted by atomic mass is 10.0. The molecule has 0 radical (unpaired) electrons. The second kappa shape index (κ2) is 7.58. The van der Waals surface area contributed by atoms with Gasteiger partial charge in [-0.25, -0.2) is 4.98 Å². The van der Waals surface area contributed by atoms with Crippen LogP contribution in [0.1, 0.15) is 24.4 Å². The van der Waals surface area contributed by atoms with Crippen molar-refractivity contribution in [2.75, 3.05) is 33.4 Å². The largest absolute Gasteiger partial charge is 0.438 e. The van der Waals surface area contributed by atoms with Crippen molar-refractivity contribution in [3.8, 4) is 11.1 Å². The molecule has 2 heterocycles. The quantitative estimate of drug-likeness (QED) is 0.694. The van der Waals surface area contributed by atoms with E-state index in [4.69, 9.17) is 13.9 Å². The Labute approximate surface area is 153 Å². The molecule has 1 saturated heterocycles. The average molecular weight is 352 g/mol. The minimum atomic E-state index is 0.387. The van der Waals surface area contributed by atoms with Crippen LogP contribution in [0.3, 0.4) is 0 Å². The van der Waals surface area contributed by atoms with E-state index in [1.165, 1.54) is 11.1 Å². The number of hydrogen-bond donors (Lipinski definition) is 0. The van der Waals surface area contributed by atoms with Crippen molar-refractivity contribution in [1.29, 1.82) is 0 Å². The van der Waals surface area contributed by atoms with Gasteiger partial charge in [-0.15, -0.1) is 0 Å². The molecule has 5 nitrogen and oxygen atoms in total. The van der Waals surface area contributed by atoms with E-state index in [2.05, 4.69) is 53.2 Å². The molecule has 1 aliphatic heterocycles. The van der Waals surface area contributed by atoms with Gasteiger partial charge in [-0.2, -0.15) is 0 Å². The molecule has 0 bridgehead atoms. The van der Waals surface area contributed by atoms with Crippen LogP contribution in [0.15, 0.2) is 46.9 Å². The Hall–Kier alpha value is -2.21. The van der Waals surface area contributed by atoms with Crippen molar-refractivity contribution in [2.24, 2.45) is 0 Å². The molecule has 4 rings (SSSR count). The molecular formula is C21H24N2O3. The van der Waals surface area contributed by atoms with Crippen molar-refractivity contribution in [3.05, 3.63) is 53.9 Å². The molecule has 0 saturated carbocycles. The normalized spacial score (nSPS) is 16.8. The van der Waals surface area contributed by atoms with Gasteiger partial charge in [0.05, 0.1) is 13.2 Å². The molecule has 26 heavy (non-hydrogen) atoms. The second-order valence-electron chi connectivity index (χ2n) is 6.67. The van der Waals surface area contributed by atoms with Gasteiger partial charge >= 0.3 is 0 Å². The molecule has 5 heteroatoms. The van der Waals surface area contributed by atoms with Crippen molar-refractivity contribution in [2.45, 2.75) is 19.6 Å². The van der Waals surface area contributed by atoms with Crippen LogP contribution >= 0.6 is 0 Å². The van der Waals surface area contributed by atoms with E-state index in [9.17, 15) is 0 Å². The highest BCUT2D eigenvalue weighted by Gasteiger charge is 2.18. The number of morpholine rings is 1. The van der Waals surface area contributed by atoms with Gasteiger partial charge < -0.3 is 13.9 Å². The van der Waals surface area contributed by atoms with E-state index in [-0.39, 0.29) is 0 Å². The summed E-state index contributed by atoms with van der Waals surface area (Å²) in [5, 5.41) is 0. The van der Waals surface area contributed by atoms with E-state index in [0.717, 1.165) is 43.0 Å². The molecule has 1 aliphatic rings. The number of methoxy groups -OCH3 is 1. The first-order valence-electron chi connectivity index (χ1n) is 9.05. The molecule has 3 aromatic rings. The van der Waals surface area contributed by atoms with E-state index < -0.39 is 0 Å². The third-order valence-electron chi connectivity index (χ3n) is 5.02. The first-order valence-corrected chi connectivity index (χ1v) is 9.05. The van der Waals surface area contributed by atoms with Gasteiger partial charge in [-0.3, -0.25) is 4.90 Å². The molecule has 0 amide bonds. The Morgan fingerprint density at radius 1 is 1.08 bits per heavy atom. The Kier molecular flexibility index (Phi) is 5.02. The smallest absolute Gasteiger partial charge is 0.221 e. The highest BCUT2D eigenvalue weighted by atomic mass is 16.5. The fraction of sp³-hybridized carbons (Fsp3) is 0.381. The highest BCUT2D eigenvalue weighted by molar-refractivity contribution is 5.80. The fourth-order valence-electron chi connectivity index (χ4n) is 3.47. The summed E-state index contributed by atoms with van der Waals surface area (Å²) in [6.07, 6.45) is 0. The molecule has 0 aliphatic carbocycles. The number of benzene rings is 2. The molecule has 1 aromatic heterocycles. The molecule has 136 valence electrons. The second-order valence-corrected chi connectivity index (χ2v) is 6.67.